The van der Waals surface area contributed by atoms with Crippen LogP contribution in [0.25, 0.3) is 0 Å². The monoisotopic (exact) mass is 330 g/mol. The van der Waals surface area contributed by atoms with E-state index >= 15 is 0 Å². The van der Waals surface area contributed by atoms with Crippen molar-refractivity contribution < 1.29 is 9.53 Å². The molecule has 1 aromatic heterocycles. The van der Waals surface area contributed by atoms with Gasteiger partial charge in [0.15, 0.2) is 0 Å². The topological polar surface area (TPSA) is 51.2 Å². The first-order valence-corrected chi connectivity index (χ1v) is 8.34. The normalized spacial score (nSPS) is 13.3. The van der Waals surface area contributed by atoms with Gasteiger partial charge in [-0.05, 0) is 48.2 Å². The lowest BCUT2D eigenvalue weighted by molar-refractivity contribution is 0.0938. The van der Waals surface area contributed by atoms with E-state index in [2.05, 4.69) is 22.4 Å². The van der Waals surface area contributed by atoms with Crippen LogP contribution in [0, 0.1) is 0 Å². The maximum Gasteiger partial charge on any atom is 0.251 e. The summed E-state index contributed by atoms with van der Waals surface area (Å²) in [5.74, 6) is 1.02. The van der Waals surface area contributed by atoms with Crippen molar-refractivity contribution in [1.29, 1.82) is 0 Å². The molecule has 2 aromatic carbocycles. The van der Waals surface area contributed by atoms with Crippen molar-refractivity contribution in [3.8, 4) is 11.6 Å². The van der Waals surface area contributed by atoms with Crippen molar-refractivity contribution in [1.82, 2.24) is 10.3 Å². The molecule has 1 aliphatic rings. The van der Waals surface area contributed by atoms with Crippen LogP contribution in [-0.4, -0.2) is 16.9 Å². The van der Waals surface area contributed by atoms with E-state index in [4.69, 9.17) is 4.74 Å². The number of hydrogen-bond acceptors (Lipinski definition) is 3. The number of amides is 1. The summed E-state index contributed by atoms with van der Waals surface area (Å²) >= 11 is 0. The van der Waals surface area contributed by atoms with Gasteiger partial charge in [-0.15, -0.1) is 0 Å². The minimum atomic E-state index is -0.0794. The second-order valence-corrected chi connectivity index (χ2v) is 6.15. The average molecular weight is 330 g/mol. The SMILES string of the molecule is O=C(NC1Cc2ccccc2C1)c1cccc(Oc2ccccn2)c1. The highest BCUT2D eigenvalue weighted by Gasteiger charge is 2.22. The van der Waals surface area contributed by atoms with Crippen molar-refractivity contribution in [2.75, 3.05) is 0 Å². The Morgan fingerprint density at radius 2 is 1.72 bits per heavy atom. The third-order valence-electron chi connectivity index (χ3n) is 4.34. The maximum absolute atomic E-state index is 12.6. The second-order valence-electron chi connectivity index (χ2n) is 6.15. The predicted molar refractivity (Wildman–Crippen MR) is 95.9 cm³/mol. The zero-order chi connectivity index (χ0) is 17.1. The summed E-state index contributed by atoms with van der Waals surface area (Å²) in [7, 11) is 0. The summed E-state index contributed by atoms with van der Waals surface area (Å²) in [5.41, 5.74) is 3.23. The van der Waals surface area contributed by atoms with Gasteiger partial charge in [-0.3, -0.25) is 4.79 Å². The number of fused-ring (bicyclic) bond motifs is 1. The zero-order valence-corrected chi connectivity index (χ0v) is 13.7. The van der Waals surface area contributed by atoms with Crippen LogP contribution in [0.15, 0.2) is 72.9 Å². The molecular formula is C21H18N2O2. The molecule has 4 nitrogen and oxygen atoms in total. The van der Waals surface area contributed by atoms with Gasteiger partial charge < -0.3 is 10.1 Å². The molecule has 3 aromatic rings. The number of nitrogens with zero attached hydrogens (tertiary/aromatic N) is 1. The van der Waals surface area contributed by atoms with Crippen molar-refractivity contribution >= 4 is 5.91 Å². The smallest absolute Gasteiger partial charge is 0.251 e. The van der Waals surface area contributed by atoms with Crippen LogP contribution in [0.3, 0.4) is 0 Å². The summed E-state index contributed by atoms with van der Waals surface area (Å²) in [4.78, 5) is 16.7. The van der Waals surface area contributed by atoms with Crippen molar-refractivity contribution in [3.05, 3.63) is 89.6 Å². The molecule has 1 aliphatic carbocycles. The molecule has 0 spiro atoms. The Bertz CT molecular complexity index is 868. The molecule has 0 bridgehead atoms. The summed E-state index contributed by atoms with van der Waals surface area (Å²) in [6.45, 7) is 0. The van der Waals surface area contributed by atoms with Gasteiger partial charge in [-0.2, -0.15) is 0 Å². The Morgan fingerprint density at radius 3 is 2.44 bits per heavy atom. The number of carbonyl (C=O) groups excluding carboxylic acids is 1. The average Bonchev–Trinajstić information content (AvgIpc) is 3.05. The number of aromatic nitrogens is 1. The molecular weight excluding hydrogens is 312 g/mol. The summed E-state index contributed by atoms with van der Waals surface area (Å²) < 4.78 is 5.70. The van der Waals surface area contributed by atoms with Crippen molar-refractivity contribution in [2.24, 2.45) is 0 Å². The molecule has 1 heterocycles. The zero-order valence-electron chi connectivity index (χ0n) is 13.7. The first kappa shape index (κ1) is 15.4. The molecule has 25 heavy (non-hydrogen) atoms. The molecule has 0 saturated heterocycles. The highest BCUT2D eigenvalue weighted by Crippen LogP contribution is 2.23. The van der Waals surface area contributed by atoms with Crippen LogP contribution in [-0.2, 0) is 12.8 Å². The van der Waals surface area contributed by atoms with Crippen molar-refractivity contribution in [3.63, 3.8) is 0 Å². The number of pyridine rings is 1. The lowest BCUT2D eigenvalue weighted by Crippen LogP contribution is -2.35. The van der Waals surface area contributed by atoms with E-state index in [0.29, 0.717) is 17.2 Å². The first-order valence-electron chi connectivity index (χ1n) is 8.34. The van der Waals surface area contributed by atoms with Gasteiger partial charge in [0.2, 0.25) is 5.88 Å². The largest absolute Gasteiger partial charge is 0.439 e. The Kier molecular flexibility index (Phi) is 4.17. The molecule has 0 atom stereocenters. The van der Waals surface area contributed by atoms with Crippen molar-refractivity contribution in [2.45, 2.75) is 18.9 Å². The fourth-order valence-electron chi connectivity index (χ4n) is 3.16. The van der Waals surface area contributed by atoms with E-state index in [0.717, 1.165) is 12.8 Å². The number of nitrogens with one attached hydrogen (secondary N) is 1. The fraction of sp³-hybridized carbons (Fsp3) is 0.143. The highest BCUT2D eigenvalue weighted by atomic mass is 16.5. The molecule has 0 saturated carbocycles. The van der Waals surface area contributed by atoms with E-state index in [1.165, 1.54) is 11.1 Å². The third kappa shape index (κ3) is 3.53. The molecule has 0 aliphatic heterocycles. The Morgan fingerprint density at radius 1 is 0.960 bits per heavy atom. The summed E-state index contributed by atoms with van der Waals surface area (Å²) in [6.07, 6.45) is 3.43. The Hall–Kier alpha value is -3.14. The maximum atomic E-state index is 12.6. The Labute approximate surface area is 146 Å². The molecule has 0 radical (unpaired) electrons. The van der Waals surface area contributed by atoms with Gasteiger partial charge in [-0.25, -0.2) is 4.98 Å². The fourth-order valence-corrected chi connectivity index (χ4v) is 3.16. The first-order chi connectivity index (χ1) is 12.3. The quantitative estimate of drug-likeness (QED) is 0.792. The van der Waals surface area contributed by atoms with Crippen LogP contribution < -0.4 is 10.1 Å². The number of rotatable bonds is 4. The number of hydrogen-bond donors (Lipinski definition) is 1. The van der Waals surface area contributed by atoms with Gasteiger partial charge >= 0.3 is 0 Å². The molecule has 4 rings (SSSR count). The predicted octanol–water partition coefficient (Wildman–Crippen LogP) is 3.77. The van der Waals surface area contributed by atoms with E-state index in [-0.39, 0.29) is 11.9 Å². The summed E-state index contributed by atoms with van der Waals surface area (Å²) in [5, 5.41) is 3.12. The number of ether oxygens (including phenoxy) is 1. The van der Waals surface area contributed by atoms with Crippen LogP contribution in [0.2, 0.25) is 0 Å². The van der Waals surface area contributed by atoms with Gasteiger partial charge in [0.25, 0.3) is 5.91 Å². The van der Waals surface area contributed by atoms with Crippen LogP contribution >= 0.6 is 0 Å². The lowest BCUT2D eigenvalue weighted by Gasteiger charge is -2.13. The highest BCUT2D eigenvalue weighted by molar-refractivity contribution is 5.94. The Balaban J connectivity index is 1.43. The molecule has 0 fully saturated rings. The number of benzene rings is 2. The number of carbonyl (C=O) groups is 1. The van der Waals surface area contributed by atoms with Gasteiger partial charge in [0, 0.05) is 23.9 Å². The van der Waals surface area contributed by atoms with Crippen LogP contribution in [0.4, 0.5) is 0 Å². The lowest BCUT2D eigenvalue weighted by atomic mass is 10.1. The van der Waals surface area contributed by atoms with Gasteiger partial charge in [0.1, 0.15) is 5.75 Å². The molecule has 124 valence electrons. The van der Waals surface area contributed by atoms with Crippen LogP contribution in [0.5, 0.6) is 11.6 Å². The second kappa shape index (κ2) is 6.77. The van der Waals surface area contributed by atoms with E-state index in [9.17, 15) is 4.79 Å². The molecule has 1 N–H and O–H groups in total. The van der Waals surface area contributed by atoms with Crippen LogP contribution in [0.1, 0.15) is 21.5 Å². The standard InChI is InChI=1S/C21H18N2O2/c24-21(23-18-12-15-6-1-2-7-16(15)13-18)17-8-5-9-19(14-17)25-20-10-3-4-11-22-20/h1-11,14,18H,12-13H2,(H,23,24). The molecule has 4 heteroatoms. The molecule has 0 unspecified atom stereocenters. The molecule has 1 amide bonds. The van der Waals surface area contributed by atoms with E-state index in [1.807, 2.05) is 36.4 Å². The van der Waals surface area contributed by atoms with Gasteiger partial charge in [-0.1, -0.05) is 36.4 Å². The third-order valence-corrected chi connectivity index (χ3v) is 4.34. The van der Waals surface area contributed by atoms with E-state index < -0.39 is 0 Å². The minimum absolute atomic E-state index is 0.0794. The summed E-state index contributed by atoms with van der Waals surface area (Å²) in [6, 6.07) is 21.1. The van der Waals surface area contributed by atoms with Gasteiger partial charge in [0.05, 0.1) is 0 Å². The van der Waals surface area contributed by atoms with E-state index in [1.54, 1.807) is 24.4 Å². The minimum Gasteiger partial charge on any atom is -0.439 e.